The van der Waals surface area contributed by atoms with E-state index in [9.17, 15) is 4.79 Å². The molecule has 17 heavy (non-hydrogen) atoms. The third-order valence-corrected chi connectivity index (χ3v) is 2.76. The number of aryl methyl sites for hydroxylation is 1. The van der Waals surface area contributed by atoms with Gasteiger partial charge in [0.1, 0.15) is 6.61 Å². The van der Waals surface area contributed by atoms with Crippen molar-refractivity contribution >= 4 is 5.97 Å². The van der Waals surface area contributed by atoms with E-state index in [1.165, 1.54) is 0 Å². The van der Waals surface area contributed by atoms with E-state index in [0.717, 1.165) is 30.4 Å². The van der Waals surface area contributed by atoms with E-state index in [1.54, 1.807) is 0 Å². The molecule has 0 aliphatic heterocycles. The number of benzene rings is 1. The van der Waals surface area contributed by atoms with Gasteiger partial charge in [-0.1, -0.05) is 44.0 Å². The maximum Gasteiger partial charge on any atom is 0.329 e. The van der Waals surface area contributed by atoms with Crippen LogP contribution >= 0.6 is 0 Å². The predicted molar refractivity (Wildman–Crippen MR) is 67.0 cm³/mol. The zero-order valence-electron chi connectivity index (χ0n) is 10.5. The first-order valence-corrected chi connectivity index (χ1v) is 6.04. The van der Waals surface area contributed by atoms with Gasteiger partial charge in [-0.25, -0.2) is 4.79 Å². The number of carboxylic acid groups (broad SMARTS) is 1. The molecule has 1 atom stereocenters. The molecule has 0 aliphatic carbocycles. The smallest absolute Gasteiger partial charge is 0.329 e. The number of hydrogen-bond acceptors (Lipinski definition) is 2. The molecule has 94 valence electrons. The fourth-order valence-corrected chi connectivity index (χ4v) is 1.84. The average molecular weight is 236 g/mol. The Balaban J connectivity index is 2.74. The lowest BCUT2D eigenvalue weighted by Crippen LogP contribution is -2.13. The molecule has 3 heteroatoms. The topological polar surface area (TPSA) is 46.5 Å². The fraction of sp³-hybridized carbons (Fsp3) is 0.500. The second-order valence-electron chi connectivity index (χ2n) is 4.19. The maximum absolute atomic E-state index is 10.6. The van der Waals surface area contributed by atoms with Crippen molar-refractivity contribution in [2.75, 3.05) is 6.61 Å². The van der Waals surface area contributed by atoms with E-state index >= 15 is 0 Å². The van der Waals surface area contributed by atoms with Gasteiger partial charge in [0, 0.05) is 0 Å². The second kappa shape index (κ2) is 7.07. The Morgan fingerprint density at radius 3 is 2.71 bits per heavy atom. The molecule has 3 nitrogen and oxygen atoms in total. The lowest BCUT2D eigenvalue weighted by atomic mass is 9.99. The molecule has 0 aliphatic rings. The van der Waals surface area contributed by atoms with Gasteiger partial charge in [-0.3, -0.25) is 0 Å². The summed E-state index contributed by atoms with van der Waals surface area (Å²) in [7, 11) is 0. The normalized spacial score (nSPS) is 12.4. The molecule has 1 N–H and O–H groups in total. The lowest BCUT2D eigenvalue weighted by Gasteiger charge is -2.19. The van der Waals surface area contributed by atoms with Crippen LogP contribution in [0.3, 0.4) is 0 Å². The first-order chi connectivity index (χ1) is 8.15. The third kappa shape index (κ3) is 4.57. The summed E-state index contributed by atoms with van der Waals surface area (Å²) in [6.07, 6.45) is 2.89. The van der Waals surface area contributed by atoms with Gasteiger partial charge in [0.05, 0.1) is 6.10 Å². The number of carboxylic acids is 1. The van der Waals surface area contributed by atoms with Crippen molar-refractivity contribution in [1.29, 1.82) is 0 Å². The van der Waals surface area contributed by atoms with Crippen molar-refractivity contribution in [2.45, 2.75) is 39.2 Å². The SMILES string of the molecule is CCCCC(OCC(=O)O)c1ccccc1C. The lowest BCUT2D eigenvalue weighted by molar-refractivity contribution is -0.144. The molecular weight excluding hydrogens is 216 g/mol. The summed E-state index contributed by atoms with van der Waals surface area (Å²) in [6, 6.07) is 7.98. The van der Waals surface area contributed by atoms with Crippen molar-refractivity contribution in [3.63, 3.8) is 0 Å². The zero-order chi connectivity index (χ0) is 12.7. The van der Waals surface area contributed by atoms with Crippen LogP contribution in [0.1, 0.15) is 43.4 Å². The Hall–Kier alpha value is -1.35. The van der Waals surface area contributed by atoms with Gasteiger partial charge < -0.3 is 9.84 Å². The Morgan fingerprint density at radius 2 is 2.12 bits per heavy atom. The van der Waals surface area contributed by atoms with Crippen molar-refractivity contribution in [3.8, 4) is 0 Å². The Morgan fingerprint density at radius 1 is 1.41 bits per heavy atom. The number of aliphatic carboxylic acids is 1. The summed E-state index contributed by atoms with van der Waals surface area (Å²) in [5.41, 5.74) is 2.25. The van der Waals surface area contributed by atoms with Crippen LogP contribution < -0.4 is 0 Å². The molecule has 0 spiro atoms. The summed E-state index contributed by atoms with van der Waals surface area (Å²) in [4.78, 5) is 10.6. The molecule has 1 unspecified atom stereocenters. The van der Waals surface area contributed by atoms with Gasteiger partial charge in [-0.15, -0.1) is 0 Å². The van der Waals surface area contributed by atoms with Crippen molar-refractivity contribution in [3.05, 3.63) is 35.4 Å². The molecule has 0 radical (unpaired) electrons. The molecule has 0 heterocycles. The second-order valence-corrected chi connectivity index (χ2v) is 4.19. The number of unbranched alkanes of at least 4 members (excludes halogenated alkanes) is 1. The molecule has 0 saturated heterocycles. The van der Waals surface area contributed by atoms with Crippen LogP contribution in [-0.4, -0.2) is 17.7 Å². The van der Waals surface area contributed by atoms with Gasteiger partial charge in [0.15, 0.2) is 0 Å². The summed E-state index contributed by atoms with van der Waals surface area (Å²) >= 11 is 0. The number of carbonyl (C=O) groups is 1. The first-order valence-electron chi connectivity index (χ1n) is 6.04. The molecule has 0 fully saturated rings. The van der Waals surface area contributed by atoms with Crippen LogP contribution in [0.15, 0.2) is 24.3 Å². The van der Waals surface area contributed by atoms with Crippen LogP contribution in [0.25, 0.3) is 0 Å². The summed E-state index contributed by atoms with van der Waals surface area (Å²) in [6.45, 7) is 3.91. The predicted octanol–water partition coefficient (Wildman–Crippen LogP) is 3.33. The minimum Gasteiger partial charge on any atom is -0.480 e. The third-order valence-electron chi connectivity index (χ3n) is 2.76. The fourth-order valence-electron chi connectivity index (χ4n) is 1.84. The highest BCUT2D eigenvalue weighted by molar-refractivity contribution is 5.68. The minimum absolute atomic E-state index is 0.104. The number of ether oxygens (including phenoxy) is 1. The molecule has 0 amide bonds. The highest BCUT2D eigenvalue weighted by Gasteiger charge is 2.14. The number of rotatable bonds is 7. The van der Waals surface area contributed by atoms with E-state index in [0.29, 0.717) is 0 Å². The van der Waals surface area contributed by atoms with Crippen LogP contribution in [0.5, 0.6) is 0 Å². The van der Waals surface area contributed by atoms with Crippen molar-refractivity contribution in [1.82, 2.24) is 0 Å². The zero-order valence-corrected chi connectivity index (χ0v) is 10.5. The summed E-state index contributed by atoms with van der Waals surface area (Å²) < 4.78 is 5.47. The number of hydrogen-bond donors (Lipinski definition) is 1. The van der Waals surface area contributed by atoms with Gasteiger partial charge in [-0.05, 0) is 24.5 Å². The first kappa shape index (κ1) is 13.7. The molecule has 1 rings (SSSR count). The molecule has 0 saturated carbocycles. The Kier molecular flexibility index (Phi) is 5.70. The van der Waals surface area contributed by atoms with Crippen molar-refractivity contribution < 1.29 is 14.6 Å². The van der Waals surface area contributed by atoms with Crippen LogP contribution in [-0.2, 0) is 9.53 Å². The van der Waals surface area contributed by atoms with Crippen LogP contribution in [0.4, 0.5) is 0 Å². The largest absolute Gasteiger partial charge is 0.480 e. The molecule has 0 bridgehead atoms. The van der Waals surface area contributed by atoms with Crippen LogP contribution in [0, 0.1) is 6.92 Å². The molecule has 1 aromatic carbocycles. The van der Waals surface area contributed by atoms with E-state index in [4.69, 9.17) is 9.84 Å². The van der Waals surface area contributed by atoms with E-state index in [1.807, 2.05) is 31.2 Å². The van der Waals surface area contributed by atoms with E-state index in [2.05, 4.69) is 6.92 Å². The van der Waals surface area contributed by atoms with Gasteiger partial charge in [0.25, 0.3) is 0 Å². The van der Waals surface area contributed by atoms with Crippen LogP contribution in [0.2, 0.25) is 0 Å². The Labute approximate surface area is 102 Å². The van der Waals surface area contributed by atoms with Gasteiger partial charge >= 0.3 is 5.97 Å². The van der Waals surface area contributed by atoms with Gasteiger partial charge in [0.2, 0.25) is 0 Å². The minimum atomic E-state index is -0.917. The highest BCUT2D eigenvalue weighted by Crippen LogP contribution is 2.26. The van der Waals surface area contributed by atoms with Crippen molar-refractivity contribution in [2.24, 2.45) is 0 Å². The monoisotopic (exact) mass is 236 g/mol. The van der Waals surface area contributed by atoms with E-state index in [-0.39, 0.29) is 12.7 Å². The molecule has 0 aromatic heterocycles. The molecule has 1 aromatic rings. The standard InChI is InChI=1S/C14H20O3/c1-3-4-9-13(17-10-14(15)16)12-8-6-5-7-11(12)2/h5-8,13H,3-4,9-10H2,1-2H3,(H,15,16). The Bertz CT molecular complexity index is 360. The summed E-state index contributed by atoms with van der Waals surface area (Å²) in [5.74, 6) is -0.917. The quantitative estimate of drug-likeness (QED) is 0.789. The van der Waals surface area contributed by atoms with E-state index < -0.39 is 5.97 Å². The molecular formula is C14H20O3. The maximum atomic E-state index is 10.6. The highest BCUT2D eigenvalue weighted by atomic mass is 16.5. The average Bonchev–Trinajstić information content (AvgIpc) is 2.30. The van der Waals surface area contributed by atoms with Gasteiger partial charge in [-0.2, -0.15) is 0 Å². The summed E-state index contributed by atoms with van der Waals surface area (Å²) in [5, 5.41) is 8.68.